The molecule has 2 N–H and O–H groups in total. The maximum absolute atomic E-state index is 11.9. The minimum Gasteiger partial charge on any atom is -0.380 e. The number of hydrogen-bond donors (Lipinski definition) is 2. The van der Waals surface area contributed by atoms with Gasteiger partial charge in [-0.25, -0.2) is 0 Å². The molecule has 0 aromatic carbocycles. The zero-order valence-corrected chi connectivity index (χ0v) is 12.2. The molecule has 0 spiro atoms. The molecule has 1 atom stereocenters. The van der Waals surface area contributed by atoms with Crippen molar-refractivity contribution in [3.63, 3.8) is 0 Å². The average molecular weight is 256 g/mol. The minimum absolute atomic E-state index is 0.0351. The Bertz CT molecular complexity index is 252. The van der Waals surface area contributed by atoms with E-state index in [9.17, 15) is 4.79 Å². The monoisotopic (exact) mass is 256 g/mol. The van der Waals surface area contributed by atoms with Crippen LogP contribution in [0.2, 0.25) is 0 Å². The first-order valence-corrected chi connectivity index (χ1v) is 6.67. The van der Waals surface area contributed by atoms with Gasteiger partial charge in [-0.1, -0.05) is 13.0 Å². The van der Waals surface area contributed by atoms with Crippen molar-refractivity contribution >= 4 is 5.91 Å². The Labute approximate surface area is 111 Å². The first kappa shape index (κ1) is 17.1. The molecule has 4 nitrogen and oxygen atoms in total. The highest BCUT2D eigenvalue weighted by atomic mass is 16.5. The number of rotatable bonds is 10. The Morgan fingerprint density at radius 1 is 1.44 bits per heavy atom. The molecule has 0 fully saturated rings. The SMILES string of the molecule is C=CCCOCCNC(C)C(=O)NC(C)(C)CC. The summed E-state index contributed by atoms with van der Waals surface area (Å²) in [5, 5.41) is 6.15. The summed E-state index contributed by atoms with van der Waals surface area (Å²) in [6.45, 7) is 13.6. The minimum atomic E-state index is -0.196. The van der Waals surface area contributed by atoms with Gasteiger partial charge in [-0.05, 0) is 33.6 Å². The highest BCUT2D eigenvalue weighted by Crippen LogP contribution is 2.06. The van der Waals surface area contributed by atoms with E-state index >= 15 is 0 Å². The number of amides is 1. The Morgan fingerprint density at radius 3 is 2.67 bits per heavy atom. The van der Waals surface area contributed by atoms with E-state index in [0.29, 0.717) is 19.8 Å². The molecule has 0 aromatic heterocycles. The van der Waals surface area contributed by atoms with Crippen LogP contribution >= 0.6 is 0 Å². The molecule has 0 saturated heterocycles. The third-order valence-corrected chi connectivity index (χ3v) is 2.90. The second-order valence-corrected chi connectivity index (χ2v) is 5.09. The molecule has 1 amide bonds. The second kappa shape index (κ2) is 9.11. The van der Waals surface area contributed by atoms with Gasteiger partial charge in [0.2, 0.25) is 5.91 Å². The van der Waals surface area contributed by atoms with E-state index in [1.165, 1.54) is 0 Å². The Kier molecular flexibility index (Phi) is 8.67. The van der Waals surface area contributed by atoms with Gasteiger partial charge in [-0.3, -0.25) is 4.79 Å². The lowest BCUT2D eigenvalue weighted by molar-refractivity contribution is -0.124. The van der Waals surface area contributed by atoms with Crippen LogP contribution in [0.1, 0.15) is 40.5 Å². The molecule has 0 aromatic rings. The summed E-state index contributed by atoms with van der Waals surface area (Å²) < 4.78 is 5.36. The van der Waals surface area contributed by atoms with Gasteiger partial charge in [0.1, 0.15) is 0 Å². The molecule has 0 radical (unpaired) electrons. The summed E-state index contributed by atoms with van der Waals surface area (Å²) in [7, 11) is 0. The van der Waals surface area contributed by atoms with Crippen LogP contribution in [0.3, 0.4) is 0 Å². The third kappa shape index (κ3) is 8.25. The first-order chi connectivity index (χ1) is 8.43. The zero-order chi connectivity index (χ0) is 14.0. The standard InChI is InChI=1S/C14H28N2O2/c1-6-8-10-18-11-9-15-12(3)13(17)16-14(4,5)7-2/h6,12,15H,1,7-11H2,2-5H3,(H,16,17). The topological polar surface area (TPSA) is 50.4 Å². The molecule has 0 aliphatic heterocycles. The van der Waals surface area contributed by atoms with Crippen LogP contribution in [0.15, 0.2) is 12.7 Å². The van der Waals surface area contributed by atoms with E-state index in [1.807, 2.05) is 26.8 Å². The average Bonchev–Trinajstić information content (AvgIpc) is 2.32. The number of carbonyl (C=O) groups is 1. The summed E-state index contributed by atoms with van der Waals surface area (Å²) in [6, 6.07) is -0.196. The smallest absolute Gasteiger partial charge is 0.237 e. The van der Waals surface area contributed by atoms with Crippen molar-refractivity contribution in [2.75, 3.05) is 19.8 Å². The quantitative estimate of drug-likeness (QED) is 0.463. The van der Waals surface area contributed by atoms with Crippen molar-refractivity contribution < 1.29 is 9.53 Å². The van der Waals surface area contributed by atoms with E-state index in [2.05, 4.69) is 24.1 Å². The highest BCUT2D eigenvalue weighted by molar-refractivity contribution is 5.81. The van der Waals surface area contributed by atoms with Crippen molar-refractivity contribution in [1.29, 1.82) is 0 Å². The molecule has 0 aliphatic carbocycles. The Hall–Kier alpha value is -0.870. The molecule has 0 rings (SSSR count). The molecular weight excluding hydrogens is 228 g/mol. The molecule has 0 heterocycles. The fourth-order valence-corrected chi connectivity index (χ4v) is 1.24. The Balaban J connectivity index is 3.71. The molecule has 0 bridgehead atoms. The van der Waals surface area contributed by atoms with E-state index in [-0.39, 0.29) is 17.5 Å². The zero-order valence-electron chi connectivity index (χ0n) is 12.2. The fourth-order valence-electron chi connectivity index (χ4n) is 1.24. The van der Waals surface area contributed by atoms with Gasteiger partial charge in [-0.15, -0.1) is 6.58 Å². The molecule has 18 heavy (non-hydrogen) atoms. The summed E-state index contributed by atoms with van der Waals surface area (Å²) in [4.78, 5) is 11.9. The maximum Gasteiger partial charge on any atom is 0.237 e. The summed E-state index contributed by atoms with van der Waals surface area (Å²) in [6.07, 6.45) is 3.60. The van der Waals surface area contributed by atoms with E-state index < -0.39 is 0 Å². The van der Waals surface area contributed by atoms with Crippen molar-refractivity contribution in [3.8, 4) is 0 Å². The van der Waals surface area contributed by atoms with Crippen LogP contribution in [0.25, 0.3) is 0 Å². The summed E-state index contributed by atoms with van der Waals surface area (Å²) in [5.41, 5.74) is -0.145. The number of ether oxygens (including phenoxy) is 1. The van der Waals surface area contributed by atoms with Crippen LogP contribution < -0.4 is 10.6 Å². The highest BCUT2D eigenvalue weighted by Gasteiger charge is 2.21. The normalized spacial score (nSPS) is 13.1. The van der Waals surface area contributed by atoms with Crippen molar-refractivity contribution in [3.05, 3.63) is 12.7 Å². The van der Waals surface area contributed by atoms with Gasteiger partial charge in [0, 0.05) is 12.1 Å². The van der Waals surface area contributed by atoms with Crippen LogP contribution in [-0.4, -0.2) is 37.2 Å². The molecule has 0 saturated carbocycles. The van der Waals surface area contributed by atoms with Gasteiger partial charge in [0.15, 0.2) is 0 Å². The van der Waals surface area contributed by atoms with Gasteiger partial charge in [0.05, 0.1) is 19.3 Å². The molecule has 106 valence electrons. The lowest BCUT2D eigenvalue weighted by Gasteiger charge is -2.26. The predicted octanol–water partition coefficient (Wildman–Crippen LogP) is 1.86. The van der Waals surface area contributed by atoms with E-state index in [0.717, 1.165) is 12.8 Å². The summed E-state index contributed by atoms with van der Waals surface area (Å²) in [5.74, 6) is 0.0351. The number of carbonyl (C=O) groups excluding carboxylic acids is 1. The lowest BCUT2D eigenvalue weighted by Crippen LogP contribution is -2.51. The van der Waals surface area contributed by atoms with Crippen molar-refractivity contribution in [2.24, 2.45) is 0 Å². The first-order valence-electron chi connectivity index (χ1n) is 6.67. The number of hydrogen-bond acceptors (Lipinski definition) is 3. The largest absolute Gasteiger partial charge is 0.380 e. The molecule has 1 unspecified atom stereocenters. The van der Waals surface area contributed by atoms with Gasteiger partial charge < -0.3 is 15.4 Å². The van der Waals surface area contributed by atoms with Gasteiger partial charge in [-0.2, -0.15) is 0 Å². The van der Waals surface area contributed by atoms with Crippen molar-refractivity contribution in [1.82, 2.24) is 10.6 Å². The molecular formula is C14H28N2O2. The Morgan fingerprint density at radius 2 is 2.11 bits per heavy atom. The van der Waals surface area contributed by atoms with Crippen LogP contribution in [0, 0.1) is 0 Å². The van der Waals surface area contributed by atoms with Gasteiger partial charge >= 0.3 is 0 Å². The fraction of sp³-hybridized carbons (Fsp3) is 0.786. The van der Waals surface area contributed by atoms with Crippen LogP contribution in [0.5, 0.6) is 0 Å². The molecule has 4 heteroatoms. The number of nitrogens with one attached hydrogen (secondary N) is 2. The second-order valence-electron chi connectivity index (χ2n) is 5.09. The summed E-state index contributed by atoms with van der Waals surface area (Å²) >= 11 is 0. The van der Waals surface area contributed by atoms with Gasteiger partial charge in [0.25, 0.3) is 0 Å². The predicted molar refractivity (Wildman–Crippen MR) is 75.6 cm³/mol. The van der Waals surface area contributed by atoms with E-state index in [1.54, 1.807) is 0 Å². The maximum atomic E-state index is 11.9. The van der Waals surface area contributed by atoms with Crippen molar-refractivity contribution in [2.45, 2.75) is 52.1 Å². The van der Waals surface area contributed by atoms with E-state index in [4.69, 9.17) is 4.74 Å². The third-order valence-electron chi connectivity index (χ3n) is 2.90. The lowest BCUT2D eigenvalue weighted by atomic mass is 10.0. The van der Waals surface area contributed by atoms with Crippen LogP contribution in [0.4, 0.5) is 0 Å². The van der Waals surface area contributed by atoms with Crippen LogP contribution in [-0.2, 0) is 9.53 Å². The molecule has 0 aliphatic rings.